The summed E-state index contributed by atoms with van der Waals surface area (Å²) in [6.07, 6.45) is 0. The number of fused-ring (bicyclic) bond motifs is 5. The Morgan fingerprint density at radius 2 is 0.593 bits per heavy atom. The molecule has 0 saturated heterocycles. The summed E-state index contributed by atoms with van der Waals surface area (Å²) in [6.45, 7) is 18.8. The topological polar surface area (TPSA) is 6.48 Å². The Morgan fingerprint density at radius 1 is 0.315 bits per heavy atom. The van der Waals surface area contributed by atoms with Crippen molar-refractivity contribution < 1.29 is 0 Å². The van der Waals surface area contributed by atoms with E-state index < -0.39 is 16.1 Å². The summed E-state index contributed by atoms with van der Waals surface area (Å²) >= 11 is 0. The molecule has 0 bridgehead atoms. The van der Waals surface area contributed by atoms with E-state index in [2.05, 4.69) is 221 Å². The third kappa shape index (κ3) is 6.65. The SMILES string of the molecule is Cc1ccc(N(c2ccc([Si](C)(C)C)cc2)c2cc3c4ccccc4c(N(c4ccc(C)cc4)c4ccc([Si](C)(C)C)cc4)cc3c3ccccc23)cc1. The van der Waals surface area contributed by atoms with Crippen LogP contribution in [0.15, 0.2) is 158 Å². The van der Waals surface area contributed by atoms with Crippen LogP contribution in [0.5, 0.6) is 0 Å². The van der Waals surface area contributed by atoms with Gasteiger partial charge in [0.05, 0.1) is 27.5 Å². The smallest absolute Gasteiger partial charge is 0.0775 e. The normalized spacial score (nSPS) is 12.1. The molecule has 0 spiro atoms. The lowest BCUT2D eigenvalue weighted by Gasteiger charge is -2.30. The van der Waals surface area contributed by atoms with Crippen molar-refractivity contribution in [3.8, 4) is 0 Å². The molecule has 0 atom stereocenters. The molecule has 0 saturated carbocycles. The molecule has 54 heavy (non-hydrogen) atoms. The lowest BCUT2D eigenvalue weighted by atomic mass is 9.93. The molecule has 0 unspecified atom stereocenters. The molecular formula is C50H50N2Si2. The molecule has 0 aromatic heterocycles. The molecule has 4 heteroatoms. The third-order valence-electron chi connectivity index (χ3n) is 10.9. The average Bonchev–Trinajstić information content (AvgIpc) is 3.16. The van der Waals surface area contributed by atoms with Gasteiger partial charge in [0, 0.05) is 33.5 Å². The van der Waals surface area contributed by atoms with Gasteiger partial charge in [-0.05, 0) is 96.1 Å². The molecule has 2 nitrogen and oxygen atoms in total. The van der Waals surface area contributed by atoms with Crippen LogP contribution in [-0.2, 0) is 0 Å². The summed E-state index contributed by atoms with van der Waals surface area (Å²) in [5.74, 6) is 0. The third-order valence-corrected chi connectivity index (χ3v) is 15.0. The van der Waals surface area contributed by atoms with Crippen molar-refractivity contribution >= 4 is 93.0 Å². The van der Waals surface area contributed by atoms with Crippen LogP contribution in [0.4, 0.5) is 34.1 Å². The quantitative estimate of drug-likeness (QED) is 0.113. The fraction of sp³-hybridized carbons (Fsp3) is 0.160. The van der Waals surface area contributed by atoms with Crippen molar-refractivity contribution in [3.05, 3.63) is 169 Å². The van der Waals surface area contributed by atoms with Crippen LogP contribution in [-0.4, -0.2) is 16.1 Å². The fourth-order valence-corrected chi connectivity index (χ4v) is 10.1. The van der Waals surface area contributed by atoms with Gasteiger partial charge in [0.15, 0.2) is 0 Å². The van der Waals surface area contributed by atoms with E-state index in [9.17, 15) is 0 Å². The van der Waals surface area contributed by atoms with Gasteiger partial charge in [-0.15, -0.1) is 0 Å². The van der Waals surface area contributed by atoms with E-state index in [1.165, 1.54) is 76.6 Å². The first-order valence-corrected chi connectivity index (χ1v) is 26.2. The van der Waals surface area contributed by atoms with Crippen molar-refractivity contribution in [2.75, 3.05) is 9.80 Å². The highest BCUT2D eigenvalue weighted by molar-refractivity contribution is 6.89. The second-order valence-corrected chi connectivity index (χ2v) is 27.1. The van der Waals surface area contributed by atoms with Gasteiger partial charge >= 0.3 is 0 Å². The maximum Gasteiger partial charge on any atom is 0.0775 e. The minimum atomic E-state index is -1.47. The number of anilines is 6. The number of rotatable bonds is 8. The molecule has 0 amide bonds. The van der Waals surface area contributed by atoms with Gasteiger partial charge in [-0.2, -0.15) is 0 Å². The van der Waals surface area contributed by atoms with E-state index in [1.807, 2.05) is 0 Å². The van der Waals surface area contributed by atoms with E-state index in [4.69, 9.17) is 0 Å². The molecule has 0 heterocycles. The Bertz CT molecular complexity index is 2430. The minimum absolute atomic E-state index is 1.15. The molecule has 0 aliphatic heterocycles. The summed E-state index contributed by atoms with van der Waals surface area (Å²) in [4.78, 5) is 4.91. The standard InChI is InChI=1S/C50H50N2Si2/c1-35-17-21-37(22-18-35)51(39-25-29-41(30-26-39)53(3,4)5)49-33-47-44-14-10-12-16-46(44)50(34-48(47)43-13-9-11-15-45(43)49)52(38-23-19-36(2)20-24-38)40-27-31-42(32-28-40)54(6,7)8/h9-34H,1-8H3. The molecule has 8 aromatic rings. The minimum Gasteiger partial charge on any atom is -0.310 e. The monoisotopic (exact) mass is 734 g/mol. The van der Waals surface area contributed by atoms with Crippen LogP contribution in [0, 0.1) is 13.8 Å². The lowest BCUT2D eigenvalue weighted by Crippen LogP contribution is -2.37. The number of nitrogens with zero attached hydrogens (tertiary/aromatic N) is 2. The number of hydrogen-bond donors (Lipinski definition) is 0. The molecule has 0 fully saturated rings. The highest BCUT2D eigenvalue weighted by Gasteiger charge is 2.24. The Morgan fingerprint density at radius 3 is 0.889 bits per heavy atom. The Balaban J connectivity index is 1.42. The van der Waals surface area contributed by atoms with Crippen molar-refractivity contribution in [2.45, 2.75) is 53.1 Å². The molecule has 0 N–H and O–H groups in total. The largest absolute Gasteiger partial charge is 0.310 e. The van der Waals surface area contributed by atoms with Crippen molar-refractivity contribution in [1.82, 2.24) is 0 Å². The van der Waals surface area contributed by atoms with Crippen molar-refractivity contribution in [3.63, 3.8) is 0 Å². The summed E-state index contributed by atoms with van der Waals surface area (Å²) in [5, 5.41) is 10.4. The summed E-state index contributed by atoms with van der Waals surface area (Å²) in [5.41, 5.74) is 9.50. The first-order chi connectivity index (χ1) is 25.9. The predicted octanol–water partition coefficient (Wildman–Crippen LogP) is 13.8. The molecule has 0 aliphatic rings. The molecule has 268 valence electrons. The van der Waals surface area contributed by atoms with Crippen molar-refractivity contribution in [1.29, 1.82) is 0 Å². The fourth-order valence-electron chi connectivity index (χ4n) is 7.75. The Hall–Kier alpha value is -5.43. The van der Waals surface area contributed by atoms with Gasteiger partial charge in [0.1, 0.15) is 0 Å². The highest BCUT2D eigenvalue weighted by Crippen LogP contribution is 2.47. The van der Waals surface area contributed by atoms with Gasteiger partial charge in [0.25, 0.3) is 0 Å². The zero-order chi connectivity index (χ0) is 37.8. The van der Waals surface area contributed by atoms with Gasteiger partial charge in [0.2, 0.25) is 0 Å². The molecule has 0 aliphatic carbocycles. The van der Waals surface area contributed by atoms with E-state index >= 15 is 0 Å². The van der Waals surface area contributed by atoms with Gasteiger partial charge in [-0.25, -0.2) is 0 Å². The van der Waals surface area contributed by atoms with Crippen LogP contribution in [0.25, 0.3) is 32.3 Å². The van der Waals surface area contributed by atoms with Crippen LogP contribution >= 0.6 is 0 Å². The van der Waals surface area contributed by atoms with Gasteiger partial charge < -0.3 is 9.80 Å². The maximum atomic E-state index is 2.45. The van der Waals surface area contributed by atoms with Gasteiger partial charge in [-0.3, -0.25) is 0 Å². The second kappa shape index (κ2) is 13.8. The first kappa shape index (κ1) is 35.6. The summed E-state index contributed by atoms with van der Waals surface area (Å²) < 4.78 is 0. The highest BCUT2D eigenvalue weighted by atomic mass is 28.3. The summed E-state index contributed by atoms with van der Waals surface area (Å²) in [6, 6.07) is 59.4. The molecular weight excluding hydrogens is 685 g/mol. The second-order valence-electron chi connectivity index (χ2n) is 16.9. The Kier molecular flexibility index (Phi) is 9.08. The zero-order valence-electron chi connectivity index (χ0n) is 32.9. The Labute approximate surface area is 323 Å². The number of benzene rings is 8. The van der Waals surface area contributed by atoms with Crippen LogP contribution in [0.1, 0.15) is 11.1 Å². The molecule has 0 radical (unpaired) electrons. The number of hydrogen-bond acceptors (Lipinski definition) is 2. The van der Waals surface area contributed by atoms with E-state index in [0.717, 1.165) is 11.4 Å². The first-order valence-electron chi connectivity index (χ1n) is 19.2. The van der Waals surface area contributed by atoms with Gasteiger partial charge in [-0.1, -0.05) is 158 Å². The van der Waals surface area contributed by atoms with Crippen LogP contribution < -0.4 is 20.2 Å². The van der Waals surface area contributed by atoms with E-state index in [1.54, 1.807) is 0 Å². The van der Waals surface area contributed by atoms with Crippen LogP contribution in [0.3, 0.4) is 0 Å². The predicted molar refractivity (Wildman–Crippen MR) is 244 cm³/mol. The lowest BCUT2D eigenvalue weighted by molar-refractivity contribution is 1.29. The summed E-state index contributed by atoms with van der Waals surface area (Å²) in [7, 11) is -2.93. The van der Waals surface area contributed by atoms with Crippen LogP contribution in [0.2, 0.25) is 39.3 Å². The number of aryl methyl sites for hydroxylation is 2. The van der Waals surface area contributed by atoms with E-state index in [0.29, 0.717) is 0 Å². The average molecular weight is 735 g/mol. The zero-order valence-corrected chi connectivity index (χ0v) is 34.9. The van der Waals surface area contributed by atoms with Crippen molar-refractivity contribution in [2.24, 2.45) is 0 Å². The molecule has 8 aromatic carbocycles. The maximum absolute atomic E-state index is 2.45. The van der Waals surface area contributed by atoms with E-state index in [-0.39, 0.29) is 0 Å². The molecule has 8 rings (SSSR count).